The fourth-order valence-corrected chi connectivity index (χ4v) is 6.75. The van der Waals surface area contributed by atoms with Crippen LogP contribution in [0.25, 0.3) is 0 Å². The van der Waals surface area contributed by atoms with Crippen molar-refractivity contribution in [1.82, 2.24) is 0 Å². The number of hydrogen-bond donors (Lipinski definition) is 0. The molecule has 3 unspecified atom stereocenters. The fourth-order valence-electron chi connectivity index (χ4n) is 6.65. The molecule has 158 valence electrons. The Kier molecular flexibility index (Phi) is 5.26. The zero-order valence-electron chi connectivity index (χ0n) is 17.5. The molecular formula is C26H29ClO3. The summed E-state index contributed by atoms with van der Waals surface area (Å²) in [4.78, 5) is 11.4. The molecule has 3 aliphatic rings. The lowest BCUT2D eigenvalue weighted by Crippen LogP contribution is -2.44. The smallest absolute Gasteiger partial charge is 0.404 e. The van der Waals surface area contributed by atoms with E-state index in [0.29, 0.717) is 24.4 Å². The summed E-state index contributed by atoms with van der Waals surface area (Å²) in [7, 11) is 0. The van der Waals surface area contributed by atoms with Gasteiger partial charge < -0.3 is 9.47 Å². The Morgan fingerprint density at radius 1 is 1.10 bits per heavy atom. The number of fused-ring (bicyclic) bond motifs is 5. The van der Waals surface area contributed by atoms with Gasteiger partial charge in [0.25, 0.3) is 0 Å². The third-order valence-electron chi connectivity index (χ3n) is 8.09. The van der Waals surface area contributed by atoms with Crippen molar-refractivity contribution < 1.29 is 14.3 Å². The number of hydrogen-bond acceptors (Lipinski definition) is 3. The maximum Gasteiger partial charge on any atom is 0.404 e. The van der Waals surface area contributed by atoms with E-state index >= 15 is 0 Å². The van der Waals surface area contributed by atoms with Gasteiger partial charge >= 0.3 is 5.43 Å². The van der Waals surface area contributed by atoms with Crippen LogP contribution in [0.1, 0.15) is 61.6 Å². The van der Waals surface area contributed by atoms with Gasteiger partial charge in [0.05, 0.1) is 0 Å². The lowest BCUT2D eigenvalue weighted by atomic mass is 9.55. The predicted octanol–water partition coefficient (Wildman–Crippen LogP) is 6.87. The van der Waals surface area contributed by atoms with Crippen molar-refractivity contribution in [1.29, 1.82) is 0 Å². The van der Waals surface area contributed by atoms with E-state index in [1.807, 2.05) is 18.2 Å². The molecule has 4 heteroatoms. The minimum atomic E-state index is -0.652. The van der Waals surface area contributed by atoms with Crippen molar-refractivity contribution in [3.63, 3.8) is 0 Å². The molecule has 0 radical (unpaired) electrons. The Hall–Kier alpha value is -2.00. The van der Waals surface area contributed by atoms with E-state index in [1.165, 1.54) is 23.1 Å². The van der Waals surface area contributed by atoms with E-state index in [2.05, 4.69) is 37.3 Å². The predicted molar refractivity (Wildman–Crippen MR) is 118 cm³/mol. The molecule has 0 heterocycles. The first-order valence-electron chi connectivity index (χ1n) is 11.2. The van der Waals surface area contributed by atoms with Gasteiger partial charge in [-0.05, 0) is 85.1 Å². The van der Waals surface area contributed by atoms with Gasteiger partial charge in [-0.1, -0.05) is 43.3 Å². The quantitative estimate of drug-likeness (QED) is 0.502. The second-order valence-electron chi connectivity index (χ2n) is 9.52. The van der Waals surface area contributed by atoms with Crippen LogP contribution in [0.2, 0.25) is 0 Å². The summed E-state index contributed by atoms with van der Waals surface area (Å²) in [6, 6.07) is 17.0. The number of aryl methyl sites for hydroxylation is 1. The van der Waals surface area contributed by atoms with E-state index < -0.39 is 5.43 Å². The standard InChI is InChI=1S/C26H29ClO3/c1-26-14-13-21-20-10-8-19(29-16-17-5-3-2-4-6-17)15-18(20)7-9-22(21)23(26)11-12-24(26)30-25(27)28/h2-6,8,10,15,21-24H,7,9,11-14,16H2,1H3/t21?,22?,23?,24-,26-/m0/s1. The zero-order chi connectivity index (χ0) is 20.7. The summed E-state index contributed by atoms with van der Waals surface area (Å²) >= 11 is 5.56. The van der Waals surface area contributed by atoms with Gasteiger partial charge in [-0.15, -0.1) is 0 Å². The average Bonchev–Trinajstić information content (AvgIpc) is 3.08. The maximum absolute atomic E-state index is 11.4. The molecule has 0 amide bonds. The van der Waals surface area contributed by atoms with E-state index in [9.17, 15) is 4.79 Å². The molecule has 0 saturated heterocycles. The summed E-state index contributed by atoms with van der Waals surface area (Å²) in [5.41, 5.74) is 3.57. The molecular weight excluding hydrogens is 396 g/mol. The van der Waals surface area contributed by atoms with Crippen LogP contribution in [0.5, 0.6) is 5.75 Å². The Bertz CT molecular complexity index is 927. The first kappa shape index (κ1) is 19.9. The molecule has 2 aromatic rings. The summed E-state index contributed by atoms with van der Waals surface area (Å²) in [6.45, 7) is 2.92. The van der Waals surface area contributed by atoms with Crippen molar-refractivity contribution >= 4 is 17.0 Å². The molecule has 0 aliphatic heterocycles. The van der Waals surface area contributed by atoms with Crippen LogP contribution in [0.15, 0.2) is 48.5 Å². The van der Waals surface area contributed by atoms with Crippen LogP contribution in [-0.2, 0) is 17.8 Å². The molecule has 0 bridgehead atoms. The second-order valence-corrected chi connectivity index (χ2v) is 9.82. The fraction of sp³-hybridized carbons (Fsp3) is 0.500. The highest BCUT2D eigenvalue weighted by Gasteiger charge is 2.56. The number of carbonyl (C=O) groups is 1. The van der Waals surface area contributed by atoms with Crippen molar-refractivity contribution in [2.75, 3.05) is 0 Å². The van der Waals surface area contributed by atoms with Crippen LogP contribution < -0.4 is 4.74 Å². The van der Waals surface area contributed by atoms with Gasteiger partial charge in [0, 0.05) is 17.0 Å². The maximum atomic E-state index is 11.4. The second kappa shape index (κ2) is 7.92. The molecule has 30 heavy (non-hydrogen) atoms. The Balaban J connectivity index is 1.32. The van der Waals surface area contributed by atoms with E-state index in [1.54, 1.807) is 0 Å². The highest BCUT2D eigenvalue weighted by molar-refractivity contribution is 6.61. The topological polar surface area (TPSA) is 35.5 Å². The molecule has 3 nitrogen and oxygen atoms in total. The molecule has 0 N–H and O–H groups in total. The zero-order valence-corrected chi connectivity index (χ0v) is 18.2. The van der Waals surface area contributed by atoms with Gasteiger partial charge in [0.1, 0.15) is 18.5 Å². The number of rotatable bonds is 4. The van der Waals surface area contributed by atoms with Crippen LogP contribution >= 0.6 is 11.6 Å². The highest BCUT2D eigenvalue weighted by atomic mass is 35.5. The monoisotopic (exact) mass is 424 g/mol. The third-order valence-corrected chi connectivity index (χ3v) is 8.18. The molecule has 2 fully saturated rings. The van der Waals surface area contributed by atoms with Crippen molar-refractivity contribution in [2.45, 2.75) is 64.1 Å². The van der Waals surface area contributed by atoms with Crippen LogP contribution in [0.3, 0.4) is 0 Å². The van der Waals surface area contributed by atoms with Gasteiger partial charge in [-0.2, -0.15) is 0 Å². The first-order chi connectivity index (χ1) is 14.5. The van der Waals surface area contributed by atoms with E-state index in [4.69, 9.17) is 21.1 Å². The van der Waals surface area contributed by atoms with Crippen LogP contribution in [0.4, 0.5) is 4.79 Å². The largest absolute Gasteiger partial charge is 0.489 e. The Morgan fingerprint density at radius 2 is 1.93 bits per heavy atom. The van der Waals surface area contributed by atoms with Gasteiger partial charge in [0.15, 0.2) is 0 Å². The molecule has 0 spiro atoms. The van der Waals surface area contributed by atoms with Crippen molar-refractivity contribution in [2.24, 2.45) is 17.3 Å². The molecule has 5 rings (SSSR count). The van der Waals surface area contributed by atoms with Crippen LogP contribution in [-0.4, -0.2) is 11.5 Å². The van der Waals surface area contributed by atoms with Crippen molar-refractivity contribution in [3.8, 4) is 5.75 Å². The molecule has 2 saturated carbocycles. The molecule has 2 aromatic carbocycles. The first-order valence-corrected chi connectivity index (χ1v) is 11.6. The van der Waals surface area contributed by atoms with E-state index in [-0.39, 0.29) is 11.5 Å². The van der Waals surface area contributed by atoms with Crippen molar-refractivity contribution in [3.05, 3.63) is 65.2 Å². The van der Waals surface area contributed by atoms with E-state index in [0.717, 1.165) is 37.9 Å². The number of halogens is 1. The summed E-state index contributed by atoms with van der Waals surface area (Å²) in [6.07, 6.45) is 6.63. The third kappa shape index (κ3) is 3.51. The van der Waals surface area contributed by atoms with Gasteiger partial charge in [-0.3, -0.25) is 0 Å². The minimum absolute atomic E-state index is 0.0244. The molecule has 0 aromatic heterocycles. The summed E-state index contributed by atoms with van der Waals surface area (Å²) < 4.78 is 11.6. The van der Waals surface area contributed by atoms with Gasteiger partial charge in [-0.25, -0.2) is 4.79 Å². The highest BCUT2D eigenvalue weighted by Crippen LogP contribution is 2.61. The summed E-state index contributed by atoms with van der Waals surface area (Å²) in [5.74, 6) is 2.86. The average molecular weight is 425 g/mol. The lowest BCUT2D eigenvalue weighted by Gasteiger charge is -2.50. The van der Waals surface area contributed by atoms with Crippen LogP contribution in [0, 0.1) is 17.3 Å². The Labute approximate surface area is 183 Å². The SMILES string of the molecule is C[C@]12CCC3c4ccc(OCc5ccccc5)cc4CCC3C1CC[C@@H]2OC(=O)Cl. The number of ether oxygens (including phenoxy) is 2. The number of carbonyl (C=O) groups excluding carboxylic acids is 1. The lowest BCUT2D eigenvalue weighted by molar-refractivity contribution is -0.0249. The minimum Gasteiger partial charge on any atom is -0.489 e. The molecule has 5 atom stereocenters. The molecule has 3 aliphatic carbocycles. The summed E-state index contributed by atoms with van der Waals surface area (Å²) in [5, 5.41) is 0. The Morgan fingerprint density at radius 3 is 2.73 bits per heavy atom. The number of benzene rings is 2. The normalized spacial score (nSPS) is 31.9. The van der Waals surface area contributed by atoms with Gasteiger partial charge in [0.2, 0.25) is 0 Å².